The van der Waals surface area contributed by atoms with E-state index in [0.29, 0.717) is 17.8 Å². The molecule has 4 fully saturated rings. The van der Waals surface area contributed by atoms with E-state index >= 15 is 0 Å². The molecule has 0 aromatic carbocycles. The lowest BCUT2D eigenvalue weighted by atomic mass is 9.59. The van der Waals surface area contributed by atoms with Gasteiger partial charge in [0.25, 0.3) is 0 Å². The van der Waals surface area contributed by atoms with E-state index in [9.17, 15) is 8.42 Å². The average Bonchev–Trinajstić information content (AvgIpc) is 2.36. The molecule has 0 radical (unpaired) electrons. The maximum atomic E-state index is 12.1. The minimum Gasteiger partial charge on any atom is -0.212 e. The topological polar surface area (TPSA) is 46.2 Å². The van der Waals surface area contributed by atoms with Crippen LogP contribution in [0, 0.1) is 17.8 Å². The minimum atomic E-state index is -3.04. The third kappa shape index (κ3) is 1.24. The smallest absolute Gasteiger partial charge is 0.212 e. The summed E-state index contributed by atoms with van der Waals surface area (Å²) in [6, 6.07) is 0. The summed E-state index contributed by atoms with van der Waals surface area (Å²) < 4.78 is 27.1. The summed E-state index contributed by atoms with van der Waals surface area (Å²) >= 11 is 0. The summed E-state index contributed by atoms with van der Waals surface area (Å²) in [4.78, 5) is 0. The molecule has 3 saturated carbocycles. The van der Waals surface area contributed by atoms with Gasteiger partial charge in [-0.05, 0) is 57.3 Å². The Bertz CT molecular complexity index is 379. The summed E-state index contributed by atoms with van der Waals surface area (Å²) in [5.41, 5.74) is -0.215. The third-order valence-electron chi connectivity index (χ3n) is 4.74. The van der Waals surface area contributed by atoms with Crippen molar-refractivity contribution in [3.8, 4) is 0 Å². The van der Waals surface area contributed by atoms with E-state index in [1.807, 2.05) is 0 Å². The zero-order valence-corrected chi connectivity index (χ0v) is 10.2. The van der Waals surface area contributed by atoms with Crippen molar-refractivity contribution in [1.82, 2.24) is 4.72 Å². The van der Waals surface area contributed by atoms with Crippen molar-refractivity contribution in [3.05, 3.63) is 0 Å². The van der Waals surface area contributed by atoms with Crippen LogP contribution in [0.1, 0.15) is 39.5 Å². The van der Waals surface area contributed by atoms with E-state index in [1.165, 1.54) is 12.8 Å². The van der Waals surface area contributed by atoms with Crippen LogP contribution in [-0.2, 0) is 10.0 Å². The zero-order valence-electron chi connectivity index (χ0n) is 9.36. The van der Waals surface area contributed by atoms with Gasteiger partial charge in [0.05, 0.1) is 5.25 Å². The first-order valence-corrected chi connectivity index (χ1v) is 7.49. The Balaban J connectivity index is 2.09. The van der Waals surface area contributed by atoms with E-state index in [1.54, 1.807) is 0 Å². The van der Waals surface area contributed by atoms with Gasteiger partial charge in [-0.3, -0.25) is 0 Å². The molecule has 4 heteroatoms. The van der Waals surface area contributed by atoms with Gasteiger partial charge >= 0.3 is 0 Å². The molecular weight excluding hydrogens is 210 g/mol. The zero-order chi connectivity index (χ0) is 10.8. The van der Waals surface area contributed by atoms with Crippen LogP contribution in [-0.4, -0.2) is 19.2 Å². The molecule has 0 aromatic heterocycles. The molecule has 86 valence electrons. The van der Waals surface area contributed by atoms with Crippen LogP contribution in [0.4, 0.5) is 0 Å². The summed E-state index contributed by atoms with van der Waals surface area (Å²) in [5.74, 6) is 1.43. The normalized spacial score (nSPS) is 50.3. The highest BCUT2D eigenvalue weighted by molar-refractivity contribution is 7.90. The van der Waals surface area contributed by atoms with Crippen LogP contribution in [0.25, 0.3) is 0 Å². The Hall–Kier alpha value is -0.0900. The van der Waals surface area contributed by atoms with Gasteiger partial charge in [-0.15, -0.1) is 0 Å². The second-order valence-corrected chi connectivity index (χ2v) is 7.87. The molecule has 15 heavy (non-hydrogen) atoms. The van der Waals surface area contributed by atoms with Gasteiger partial charge in [0.2, 0.25) is 10.0 Å². The predicted octanol–water partition coefficient (Wildman–Crippen LogP) is 1.50. The van der Waals surface area contributed by atoms with Gasteiger partial charge in [-0.25, -0.2) is 13.1 Å². The van der Waals surface area contributed by atoms with E-state index in [-0.39, 0.29) is 10.8 Å². The minimum absolute atomic E-state index is 0.0833. The van der Waals surface area contributed by atoms with E-state index in [4.69, 9.17) is 0 Å². The highest BCUT2D eigenvalue weighted by Crippen LogP contribution is 2.54. The Morgan fingerprint density at radius 1 is 1.07 bits per heavy atom. The van der Waals surface area contributed by atoms with Crippen molar-refractivity contribution < 1.29 is 8.42 Å². The van der Waals surface area contributed by atoms with Crippen LogP contribution in [0.5, 0.6) is 0 Å². The lowest BCUT2D eigenvalue weighted by molar-refractivity contribution is 0.0697. The number of hydrogen-bond donors (Lipinski definition) is 1. The van der Waals surface area contributed by atoms with Gasteiger partial charge in [0, 0.05) is 5.54 Å². The van der Waals surface area contributed by atoms with Crippen molar-refractivity contribution in [2.24, 2.45) is 17.8 Å². The molecule has 1 heterocycles. The van der Waals surface area contributed by atoms with Crippen LogP contribution >= 0.6 is 0 Å². The third-order valence-corrected chi connectivity index (χ3v) is 6.95. The molecule has 2 bridgehead atoms. The van der Waals surface area contributed by atoms with Crippen molar-refractivity contribution >= 4 is 10.0 Å². The van der Waals surface area contributed by atoms with Crippen LogP contribution < -0.4 is 4.72 Å². The Labute approximate surface area is 91.7 Å². The first-order chi connectivity index (χ1) is 6.92. The average molecular weight is 229 g/mol. The van der Waals surface area contributed by atoms with Crippen LogP contribution in [0.2, 0.25) is 0 Å². The molecule has 1 saturated heterocycles. The van der Waals surface area contributed by atoms with Gasteiger partial charge in [-0.2, -0.15) is 0 Å². The van der Waals surface area contributed by atoms with Crippen molar-refractivity contribution in [1.29, 1.82) is 0 Å². The molecule has 0 spiro atoms. The first-order valence-electron chi connectivity index (χ1n) is 5.94. The fourth-order valence-electron chi connectivity index (χ4n) is 4.34. The van der Waals surface area contributed by atoms with Crippen LogP contribution in [0.3, 0.4) is 0 Å². The lowest BCUT2D eigenvalue weighted by Crippen LogP contribution is -2.49. The van der Waals surface area contributed by atoms with E-state index in [0.717, 1.165) is 12.8 Å². The quantitative estimate of drug-likeness (QED) is 0.684. The number of nitrogens with one attached hydrogen (secondary N) is 1. The number of rotatable bonds is 0. The Morgan fingerprint density at radius 2 is 1.60 bits per heavy atom. The molecule has 3 nitrogen and oxygen atoms in total. The SMILES string of the molecule is CC1(C)NS(=O)(=O)C2C3CCC(CC3)C21. The van der Waals surface area contributed by atoms with E-state index < -0.39 is 10.0 Å². The lowest BCUT2D eigenvalue weighted by Gasteiger charge is -2.47. The molecule has 1 N–H and O–H groups in total. The molecule has 3 aliphatic carbocycles. The fourth-order valence-corrected chi connectivity index (χ4v) is 7.08. The summed E-state index contributed by atoms with van der Waals surface area (Å²) in [5, 5.41) is -0.0833. The maximum absolute atomic E-state index is 12.1. The first kappa shape index (κ1) is 10.1. The second-order valence-electron chi connectivity index (χ2n) is 6.03. The molecule has 2 atom stereocenters. The molecule has 0 amide bonds. The second kappa shape index (κ2) is 2.77. The molecular formula is C11H19NO2S. The number of fused-ring (bicyclic) bond motifs is 2. The predicted molar refractivity (Wildman–Crippen MR) is 58.9 cm³/mol. The van der Waals surface area contributed by atoms with Crippen molar-refractivity contribution in [3.63, 3.8) is 0 Å². The summed E-state index contributed by atoms with van der Waals surface area (Å²) in [7, 11) is -3.04. The van der Waals surface area contributed by atoms with Gasteiger partial charge in [0.1, 0.15) is 0 Å². The summed E-state index contributed by atoms with van der Waals surface area (Å²) in [6.07, 6.45) is 4.74. The maximum Gasteiger partial charge on any atom is 0.215 e. The van der Waals surface area contributed by atoms with Crippen molar-refractivity contribution in [2.45, 2.75) is 50.3 Å². The fraction of sp³-hybridized carbons (Fsp3) is 1.00. The van der Waals surface area contributed by atoms with Gasteiger partial charge in [-0.1, -0.05) is 0 Å². The largest absolute Gasteiger partial charge is 0.215 e. The monoisotopic (exact) mass is 229 g/mol. The van der Waals surface area contributed by atoms with Gasteiger partial charge in [0.15, 0.2) is 0 Å². The van der Waals surface area contributed by atoms with E-state index in [2.05, 4.69) is 18.6 Å². The van der Waals surface area contributed by atoms with Crippen molar-refractivity contribution in [2.75, 3.05) is 0 Å². The highest BCUT2D eigenvalue weighted by Gasteiger charge is 2.60. The molecule has 1 aliphatic heterocycles. The van der Waals surface area contributed by atoms with Gasteiger partial charge < -0.3 is 0 Å². The molecule has 4 rings (SSSR count). The standard InChI is InChI=1S/C11H19NO2S/c1-11(2)9-7-3-5-8(6-4-7)10(9)15(13,14)12-11/h7-10,12H,3-6H2,1-2H3. The van der Waals surface area contributed by atoms with Crippen LogP contribution in [0.15, 0.2) is 0 Å². The number of hydrogen-bond acceptors (Lipinski definition) is 2. The molecule has 4 aliphatic rings. The summed E-state index contributed by atoms with van der Waals surface area (Å²) in [6.45, 7) is 4.10. The number of sulfonamides is 1. The molecule has 2 unspecified atom stereocenters. The Morgan fingerprint density at radius 3 is 2.13 bits per heavy atom. The molecule has 0 aromatic rings. The highest BCUT2D eigenvalue weighted by atomic mass is 32.2. The Kier molecular flexibility index (Phi) is 1.87.